The van der Waals surface area contributed by atoms with E-state index in [1.165, 1.54) is 26.2 Å². The minimum atomic E-state index is -1.30. The van der Waals surface area contributed by atoms with Gasteiger partial charge in [0.1, 0.15) is 23.3 Å². The van der Waals surface area contributed by atoms with Gasteiger partial charge in [-0.15, -0.1) is 0 Å². The summed E-state index contributed by atoms with van der Waals surface area (Å²) in [5.74, 6) is -0.981. The number of fused-ring (bicyclic) bond motifs is 1. The number of amides is 3. The van der Waals surface area contributed by atoms with Gasteiger partial charge in [0.15, 0.2) is 0 Å². The van der Waals surface area contributed by atoms with E-state index in [4.69, 9.17) is 72.2 Å². The Bertz CT molecular complexity index is 1530. The van der Waals surface area contributed by atoms with Crippen LogP contribution < -0.4 is 19.1 Å². The zero-order valence-electron chi connectivity index (χ0n) is 20.4. The normalized spacial score (nSPS) is 18.3. The lowest BCUT2D eigenvalue weighted by Gasteiger charge is -2.50. The lowest BCUT2D eigenvalue weighted by Crippen LogP contribution is -2.67. The second-order valence-corrected chi connectivity index (χ2v) is 10.4. The molecule has 1 saturated heterocycles. The largest absolute Gasteiger partial charge is 0.497 e. The number of carbonyl (C=O) groups is 3. The van der Waals surface area contributed by atoms with Gasteiger partial charge in [-0.25, -0.2) is 0 Å². The standard InChI is InChI=1S/C26H17Cl5N2O6/c1-37-11-5-7-14(38-2)12(9-11)22-23(26(36)32(22)10-4-6-15(39-3)13(27)8-10)33-24(34)16-17(25(33)35)19(29)21(31)20(30)18(16)28/h4-9,22-23H,1-3H3/t22-,23+/m0/s1. The number of carbonyl (C=O) groups excluding carboxylic acids is 3. The van der Waals surface area contributed by atoms with E-state index in [1.54, 1.807) is 36.4 Å². The highest BCUT2D eigenvalue weighted by Gasteiger charge is 2.59. The smallest absolute Gasteiger partial charge is 0.264 e. The van der Waals surface area contributed by atoms with Gasteiger partial charge in [-0.05, 0) is 36.4 Å². The van der Waals surface area contributed by atoms with E-state index in [9.17, 15) is 14.4 Å². The number of β-lactam (4-membered cyclic amide) rings is 1. The fourth-order valence-corrected chi connectivity index (χ4v) is 6.08. The topological polar surface area (TPSA) is 85.4 Å². The summed E-state index contributed by atoms with van der Waals surface area (Å²) in [4.78, 5) is 43.3. The summed E-state index contributed by atoms with van der Waals surface area (Å²) in [7, 11) is 4.41. The summed E-state index contributed by atoms with van der Waals surface area (Å²) >= 11 is 31.3. The minimum Gasteiger partial charge on any atom is -0.497 e. The fraction of sp³-hybridized carbons (Fsp3) is 0.192. The molecule has 0 bridgehead atoms. The Morgan fingerprint density at radius 1 is 0.641 bits per heavy atom. The van der Waals surface area contributed by atoms with Crippen molar-refractivity contribution in [2.75, 3.05) is 26.2 Å². The number of methoxy groups -OCH3 is 3. The van der Waals surface area contributed by atoms with E-state index in [2.05, 4.69) is 0 Å². The van der Waals surface area contributed by atoms with Gasteiger partial charge in [0.25, 0.3) is 17.7 Å². The number of anilines is 1. The molecule has 0 spiro atoms. The molecule has 0 N–H and O–H groups in total. The van der Waals surface area contributed by atoms with E-state index < -0.39 is 29.8 Å². The van der Waals surface area contributed by atoms with Crippen LogP contribution in [-0.2, 0) is 4.79 Å². The first kappa shape index (κ1) is 27.7. The molecule has 0 aromatic heterocycles. The average Bonchev–Trinajstić information content (AvgIpc) is 3.18. The molecule has 3 amide bonds. The van der Waals surface area contributed by atoms with Crippen LogP contribution in [0, 0.1) is 0 Å². The van der Waals surface area contributed by atoms with Gasteiger partial charge >= 0.3 is 0 Å². The van der Waals surface area contributed by atoms with Crippen molar-refractivity contribution < 1.29 is 28.6 Å². The van der Waals surface area contributed by atoms with Crippen LogP contribution >= 0.6 is 58.0 Å². The number of ether oxygens (including phenoxy) is 3. The first-order chi connectivity index (χ1) is 18.6. The maximum atomic E-state index is 13.8. The summed E-state index contributed by atoms with van der Waals surface area (Å²) in [6.07, 6.45) is 0. The molecular weight excluding hydrogens is 614 g/mol. The fourth-order valence-electron chi connectivity index (χ4n) is 4.82. The van der Waals surface area contributed by atoms with Crippen molar-refractivity contribution in [2.24, 2.45) is 0 Å². The van der Waals surface area contributed by atoms with Gasteiger partial charge in [-0.3, -0.25) is 19.3 Å². The number of imide groups is 1. The van der Waals surface area contributed by atoms with Crippen molar-refractivity contribution in [1.82, 2.24) is 4.90 Å². The molecule has 2 aliphatic heterocycles. The molecule has 39 heavy (non-hydrogen) atoms. The number of halogens is 5. The predicted octanol–water partition coefficient (Wildman–Crippen LogP) is 6.73. The van der Waals surface area contributed by atoms with Gasteiger partial charge < -0.3 is 19.1 Å². The molecular formula is C26H17Cl5N2O6. The Morgan fingerprint density at radius 2 is 1.21 bits per heavy atom. The monoisotopic (exact) mass is 628 g/mol. The summed E-state index contributed by atoms with van der Waals surface area (Å²) in [5.41, 5.74) is 0.418. The third-order valence-electron chi connectivity index (χ3n) is 6.65. The van der Waals surface area contributed by atoms with Crippen LogP contribution in [0.2, 0.25) is 25.1 Å². The Morgan fingerprint density at radius 3 is 1.72 bits per heavy atom. The van der Waals surface area contributed by atoms with Crippen LogP contribution in [0.25, 0.3) is 0 Å². The highest BCUT2D eigenvalue weighted by atomic mass is 35.5. The van der Waals surface area contributed by atoms with Crippen molar-refractivity contribution >= 4 is 81.4 Å². The molecule has 0 saturated carbocycles. The molecule has 0 radical (unpaired) electrons. The number of benzene rings is 3. The van der Waals surface area contributed by atoms with Crippen LogP contribution in [0.3, 0.4) is 0 Å². The molecule has 5 rings (SSSR count). The summed E-state index contributed by atoms with van der Waals surface area (Å²) < 4.78 is 16.2. The van der Waals surface area contributed by atoms with Crippen LogP contribution in [-0.4, -0.2) is 50.0 Å². The van der Waals surface area contributed by atoms with E-state index in [1.807, 2.05) is 0 Å². The molecule has 8 nitrogen and oxygen atoms in total. The van der Waals surface area contributed by atoms with E-state index in [0.717, 1.165) is 4.90 Å². The first-order valence-electron chi connectivity index (χ1n) is 11.2. The van der Waals surface area contributed by atoms with Crippen LogP contribution in [0.1, 0.15) is 32.3 Å². The molecule has 2 aliphatic rings. The Kier molecular flexibility index (Phi) is 7.28. The first-order valence-corrected chi connectivity index (χ1v) is 13.1. The van der Waals surface area contributed by atoms with Gasteiger partial charge in [0.2, 0.25) is 0 Å². The molecule has 3 aromatic carbocycles. The molecule has 2 heterocycles. The van der Waals surface area contributed by atoms with Crippen molar-refractivity contribution in [3.8, 4) is 17.2 Å². The Hall–Kier alpha value is -2.88. The number of hydrogen-bond donors (Lipinski definition) is 0. The van der Waals surface area contributed by atoms with Crippen molar-refractivity contribution in [3.05, 3.63) is 78.2 Å². The highest BCUT2D eigenvalue weighted by Crippen LogP contribution is 2.51. The lowest BCUT2D eigenvalue weighted by atomic mass is 9.85. The molecule has 0 unspecified atom stereocenters. The predicted molar refractivity (Wildman–Crippen MR) is 149 cm³/mol. The molecule has 13 heteroatoms. The van der Waals surface area contributed by atoms with Crippen LogP contribution in [0.5, 0.6) is 17.2 Å². The molecule has 2 atom stereocenters. The van der Waals surface area contributed by atoms with Gasteiger partial charge in [-0.2, -0.15) is 0 Å². The average molecular weight is 631 g/mol. The third kappa shape index (κ3) is 4.08. The molecule has 202 valence electrons. The van der Waals surface area contributed by atoms with Crippen molar-refractivity contribution in [2.45, 2.75) is 12.1 Å². The third-order valence-corrected chi connectivity index (χ3v) is 8.74. The maximum absolute atomic E-state index is 13.8. The molecule has 0 aliphatic carbocycles. The van der Waals surface area contributed by atoms with Gasteiger partial charge in [0, 0.05) is 11.3 Å². The number of rotatable bonds is 6. The summed E-state index contributed by atoms with van der Waals surface area (Å²) in [6, 6.07) is 7.57. The summed E-state index contributed by atoms with van der Waals surface area (Å²) in [5, 5.41) is -0.562. The second-order valence-electron chi connectivity index (χ2n) is 8.51. The summed E-state index contributed by atoms with van der Waals surface area (Å²) in [6.45, 7) is 0. The van der Waals surface area contributed by atoms with E-state index in [-0.39, 0.29) is 36.2 Å². The lowest BCUT2D eigenvalue weighted by molar-refractivity contribution is -0.130. The van der Waals surface area contributed by atoms with E-state index >= 15 is 0 Å². The zero-order chi connectivity index (χ0) is 28.3. The van der Waals surface area contributed by atoms with E-state index in [0.29, 0.717) is 28.5 Å². The Balaban J connectivity index is 1.68. The SMILES string of the molecule is COc1ccc(OC)c([C@H]2[C@@H](N3C(=O)c4c(Cl)c(Cl)c(Cl)c(Cl)c4C3=O)C(=O)N2c2ccc(OC)c(Cl)c2)c1. The Labute approximate surface area is 247 Å². The van der Waals surface area contributed by atoms with Crippen molar-refractivity contribution in [3.63, 3.8) is 0 Å². The minimum absolute atomic E-state index is 0.175. The molecule has 3 aromatic rings. The van der Waals surface area contributed by atoms with Gasteiger partial charge in [-0.1, -0.05) is 58.0 Å². The second kappa shape index (κ2) is 10.3. The quantitative estimate of drug-likeness (QED) is 0.130. The molecule has 1 fully saturated rings. The van der Waals surface area contributed by atoms with Crippen LogP contribution in [0.4, 0.5) is 5.69 Å². The number of nitrogens with zero attached hydrogens (tertiary/aromatic N) is 2. The maximum Gasteiger partial charge on any atom is 0.264 e. The van der Waals surface area contributed by atoms with Gasteiger partial charge in [0.05, 0.1) is 63.6 Å². The van der Waals surface area contributed by atoms with Crippen molar-refractivity contribution in [1.29, 1.82) is 0 Å². The van der Waals surface area contributed by atoms with Crippen LogP contribution in [0.15, 0.2) is 36.4 Å². The number of hydrogen-bond acceptors (Lipinski definition) is 6. The highest BCUT2D eigenvalue weighted by molar-refractivity contribution is 6.55. The zero-order valence-corrected chi connectivity index (χ0v) is 24.1.